The first-order valence-electron chi connectivity index (χ1n) is 10.9. The Hall–Kier alpha value is -3.60. The van der Waals surface area contributed by atoms with Crippen molar-refractivity contribution in [3.05, 3.63) is 65.7 Å². The number of carbonyl (C=O) groups is 1. The second-order valence-corrected chi connectivity index (χ2v) is 8.28. The summed E-state index contributed by atoms with van der Waals surface area (Å²) in [6.07, 6.45) is 2.13. The Bertz CT molecular complexity index is 1230. The van der Waals surface area contributed by atoms with E-state index < -0.39 is 42.6 Å². The number of alkyl halides is 2. The zero-order valence-electron chi connectivity index (χ0n) is 18.9. The first-order valence-corrected chi connectivity index (χ1v) is 10.9. The van der Waals surface area contributed by atoms with Gasteiger partial charge in [-0.2, -0.15) is 0 Å². The van der Waals surface area contributed by atoms with Crippen molar-refractivity contribution in [2.75, 3.05) is 11.9 Å². The maximum Gasteiger partial charge on any atom is 0.271 e. The van der Waals surface area contributed by atoms with Gasteiger partial charge >= 0.3 is 0 Å². The number of ether oxygens (including phenoxy) is 2. The first kappa shape index (κ1) is 24.5. The molecule has 7 nitrogen and oxygen atoms in total. The molecular weight excluding hydrogens is 468 g/mol. The lowest BCUT2D eigenvalue weighted by molar-refractivity contribution is -0.146. The van der Waals surface area contributed by atoms with Crippen LogP contribution in [0.25, 0.3) is 11.3 Å². The van der Waals surface area contributed by atoms with Crippen LogP contribution in [0.1, 0.15) is 48.8 Å². The molecule has 1 aliphatic heterocycles. The van der Waals surface area contributed by atoms with Crippen LogP contribution in [0.2, 0.25) is 0 Å². The number of halogens is 4. The van der Waals surface area contributed by atoms with Crippen LogP contribution in [-0.4, -0.2) is 39.5 Å². The number of nitrogens with one attached hydrogen (secondary N) is 1. The summed E-state index contributed by atoms with van der Waals surface area (Å²) >= 11 is 0. The van der Waals surface area contributed by atoms with Crippen molar-refractivity contribution in [3.8, 4) is 17.1 Å². The minimum absolute atomic E-state index is 0.0215. The van der Waals surface area contributed by atoms with Gasteiger partial charge < -0.3 is 14.8 Å². The second kappa shape index (κ2) is 9.95. The summed E-state index contributed by atoms with van der Waals surface area (Å²) in [6.45, 7) is 2.58. The molecule has 3 aromatic rings. The quantitative estimate of drug-likeness (QED) is 0.470. The highest BCUT2D eigenvalue weighted by atomic mass is 19.3. The monoisotopic (exact) mass is 490 g/mol. The van der Waals surface area contributed by atoms with Crippen molar-refractivity contribution in [2.24, 2.45) is 0 Å². The Morgan fingerprint density at radius 1 is 1.17 bits per heavy atom. The molecular formula is C24H22F4N4O3. The molecule has 4 heterocycles. The van der Waals surface area contributed by atoms with Crippen LogP contribution < -0.4 is 10.1 Å². The maximum atomic E-state index is 14.6. The van der Waals surface area contributed by atoms with E-state index in [1.807, 2.05) is 0 Å². The highest BCUT2D eigenvalue weighted by molar-refractivity contribution is 6.06. The molecule has 184 valence electrons. The minimum atomic E-state index is -2.98. The van der Waals surface area contributed by atoms with Crippen molar-refractivity contribution in [1.82, 2.24) is 15.0 Å². The molecule has 3 aromatic heterocycles. The fraction of sp³-hybridized carbons (Fsp3) is 0.333. The lowest BCUT2D eigenvalue weighted by Gasteiger charge is -2.30. The summed E-state index contributed by atoms with van der Waals surface area (Å²) in [4.78, 5) is 25.2. The largest absolute Gasteiger partial charge is 0.473 e. The van der Waals surface area contributed by atoms with Crippen molar-refractivity contribution in [3.63, 3.8) is 0 Å². The van der Waals surface area contributed by atoms with Gasteiger partial charge in [0.05, 0.1) is 23.0 Å². The number of carbonyl (C=O) groups excluding carboxylic acids is 1. The average molecular weight is 490 g/mol. The van der Waals surface area contributed by atoms with Crippen molar-refractivity contribution in [2.45, 2.75) is 44.8 Å². The zero-order chi connectivity index (χ0) is 25.2. The number of amides is 1. The average Bonchev–Trinajstić information content (AvgIpc) is 2.81. The van der Waals surface area contributed by atoms with Crippen LogP contribution in [0.5, 0.6) is 5.88 Å². The molecule has 11 heteroatoms. The lowest BCUT2D eigenvalue weighted by Crippen LogP contribution is -2.31. The summed E-state index contributed by atoms with van der Waals surface area (Å²) in [5.74, 6) is -5.52. The molecule has 0 aromatic carbocycles. The highest BCUT2D eigenvalue weighted by Crippen LogP contribution is 2.40. The topological polar surface area (TPSA) is 86.2 Å². The second-order valence-electron chi connectivity index (χ2n) is 8.28. The number of anilines is 1. The Balaban J connectivity index is 1.72. The smallest absolute Gasteiger partial charge is 0.271 e. The van der Waals surface area contributed by atoms with E-state index in [0.717, 1.165) is 12.3 Å². The molecule has 1 saturated heterocycles. The van der Waals surface area contributed by atoms with E-state index in [0.29, 0.717) is 0 Å². The Kier molecular flexibility index (Phi) is 6.97. The number of hydrogen-bond acceptors (Lipinski definition) is 6. The SMILES string of the molecule is CC(C)Oc1ncc(C(=O)Nc2c(-c3ncccc3F)ccnc2C2CCC(F)(F)CO2)cc1F. The number of aromatic nitrogens is 3. The molecule has 0 radical (unpaired) electrons. The van der Waals surface area contributed by atoms with Gasteiger partial charge in [-0.3, -0.25) is 14.8 Å². The van der Waals surface area contributed by atoms with Crippen LogP contribution in [0.15, 0.2) is 42.9 Å². The lowest BCUT2D eigenvalue weighted by atomic mass is 9.99. The molecule has 35 heavy (non-hydrogen) atoms. The van der Waals surface area contributed by atoms with E-state index in [1.165, 1.54) is 30.6 Å². The molecule has 1 N–H and O–H groups in total. The minimum Gasteiger partial charge on any atom is -0.473 e. The number of hydrogen-bond donors (Lipinski definition) is 1. The van der Waals surface area contributed by atoms with E-state index >= 15 is 0 Å². The normalized spacial score (nSPS) is 17.3. The summed E-state index contributed by atoms with van der Waals surface area (Å²) in [5, 5.41) is 2.60. The summed E-state index contributed by atoms with van der Waals surface area (Å²) in [6, 6.07) is 4.98. The van der Waals surface area contributed by atoms with Gasteiger partial charge in [0.1, 0.15) is 24.2 Å². The van der Waals surface area contributed by atoms with Crippen molar-refractivity contribution < 1.29 is 31.8 Å². The van der Waals surface area contributed by atoms with Gasteiger partial charge in [0.2, 0.25) is 0 Å². The Morgan fingerprint density at radius 3 is 2.63 bits per heavy atom. The van der Waals surface area contributed by atoms with Crippen LogP contribution >= 0.6 is 0 Å². The molecule has 0 bridgehead atoms. The summed E-state index contributed by atoms with van der Waals surface area (Å²) < 4.78 is 66.9. The van der Waals surface area contributed by atoms with E-state index in [9.17, 15) is 22.4 Å². The fourth-order valence-electron chi connectivity index (χ4n) is 3.62. The van der Waals surface area contributed by atoms with Gasteiger partial charge in [0.25, 0.3) is 17.7 Å². The third kappa shape index (κ3) is 5.56. The number of nitrogens with zero attached hydrogens (tertiary/aromatic N) is 3. The molecule has 1 aliphatic rings. The summed E-state index contributed by atoms with van der Waals surface area (Å²) in [5.41, 5.74) is 0.0860. The van der Waals surface area contributed by atoms with Gasteiger partial charge in [0, 0.05) is 30.6 Å². The maximum absolute atomic E-state index is 14.6. The molecule has 1 fully saturated rings. The van der Waals surface area contributed by atoms with Crippen LogP contribution in [0.3, 0.4) is 0 Å². The standard InChI is InChI=1S/C24H22F4N4O3/c1-13(2)35-23-17(26)10-14(11-31-23)22(33)32-20-15(19-16(25)4-3-8-29-19)6-9-30-21(20)18-5-7-24(27,28)12-34-18/h3-4,6,8-11,13,18H,5,7,12H2,1-2H3,(H,32,33). The van der Waals surface area contributed by atoms with E-state index in [-0.39, 0.29) is 46.6 Å². The fourth-order valence-corrected chi connectivity index (χ4v) is 3.62. The van der Waals surface area contributed by atoms with Gasteiger partial charge in [-0.25, -0.2) is 22.5 Å². The van der Waals surface area contributed by atoms with Crippen LogP contribution in [0, 0.1) is 11.6 Å². The number of rotatable bonds is 6. The third-order valence-corrected chi connectivity index (χ3v) is 5.22. The van der Waals surface area contributed by atoms with Crippen LogP contribution in [0.4, 0.5) is 23.2 Å². The Morgan fingerprint density at radius 2 is 1.97 bits per heavy atom. The number of pyridine rings is 3. The highest BCUT2D eigenvalue weighted by Gasteiger charge is 2.38. The Labute approximate surface area is 198 Å². The molecule has 0 spiro atoms. The molecule has 1 unspecified atom stereocenters. The predicted molar refractivity (Wildman–Crippen MR) is 118 cm³/mol. The first-order chi connectivity index (χ1) is 16.6. The van der Waals surface area contributed by atoms with Gasteiger partial charge in [-0.05, 0) is 44.5 Å². The van der Waals surface area contributed by atoms with Crippen molar-refractivity contribution in [1.29, 1.82) is 0 Å². The molecule has 0 saturated carbocycles. The van der Waals surface area contributed by atoms with Gasteiger partial charge in [-0.15, -0.1) is 0 Å². The van der Waals surface area contributed by atoms with Crippen LogP contribution in [-0.2, 0) is 4.74 Å². The van der Waals surface area contributed by atoms with Crippen molar-refractivity contribution >= 4 is 11.6 Å². The van der Waals surface area contributed by atoms with E-state index in [4.69, 9.17) is 9.47 Å². The zero-order valence-corrected chi connectivity index (χ0v) is 18.9. The van der Waals surface area contributed by atoms with E-state index in [2.05, 4.69) is 20.3 Å². The summed E-state index contributed by atoms with van der Waals surface area (Å²) in [7, 11) is 0. The molecule has 4 rings (SSSR count). The molecule has 1 amide bonds. The molecule has 0 aliphatic carbocycles. The van der Waals surface area contributed by atoms with Gasteiger partial charge in [-0.1, -0.05) is 0 Å². The third-order valence-electron chi connectivity index (χ3n) is 5.22. The van der Waals surface area contributed by atoms with E-state index in [1.54, 1.807) is 13.8 Å². The molecule has 1 atom stereocenters. The predicted octanol–water partition coefficient (Wildman–Crippen LogP) is 5.34. The van der Waals surface area contributed by atoms with Gasteiger partial charge in [0.15, 0.2) is 5.82 Å².